The Morgan fingerprint density at radius 3 is 1.39 bits per heavy atom. The molecule has 2 aliphatic rings. The number of carbonyl (C=O) groups is 1. The molecule has 51 heavy (non-hydrogen) atoms. The van der Waals surface area contributed by atoms with Gasteiger partial charge in [-0.1, -0.05) is 107 Å². The minimum Gasteiger partial charge on any atom is -0.480 e. The normalized spacial score (nSPS) is 18.4. The van der Waals surface area contributed by atoms with Crippen LogP contribution in [0.1, 0.15) is 83.0 Å². The zero-order valence-electron chi connectivity index (χ0n) is 28.2. The summed E-state index contributed by atoms with van der Waals surface area (Å²) < 4.78 is 0. The van der Waals surface area contributed by atoms with Gasteiger partial charge in [0.05, 0.1) is 20.1 Å². The lowest BCUT2D eigenvalue weighted by molar-refractivity contribution is -0.137. The van der Waals surface area contributed by atoms with Gasteiger partial charge in [-0.15, -0.1) is 12.4 Å². The van der Waals surface area contributed by atoms with Gasteiger partial charge in [-0.05, 0) is 97.4 Å². The van der Waals surface area contributed by atoms with E-state index in [0.29, 0.717) is 44.0 Å². The molecule has 6 rings (SSSR count). The highest BCUT2D eigenvalue weighted by molar-refractivity contribution is 6.42. The van der Waals surface area contributed by atoms with Crippen molar-refractivity contribution in [3.8, 4) is 0 Å². The number of hydrogen-bond acceptors (Lipinski definition) is 4. The van der Waals surface area contributed by atoms with Crippen molar-refractivity contribution in [2.45, 2.75) is 49.6 Å². The Balaban J connectivity index is 0.000000279. The van der Waals surface area contributed by atoms with E-state index in [2.05, 4.69) is 71.3 Å². The van der Waals surface area contributed by atoms with Crippen LogP contribution in [0.15, 0.2) is 84.9 Å². The first kappa shape index (κ1) is 44.9. The molecule has 0 saturated carbocycles. The third kappa shape index (κ3) is 11.9. The lowest BCUT2D eigenvalue weighted by Crippen LogP contribution is -2.36. The van der Waals surface area contributed by atoms with Crippen molar-refractivity contribution in [2.24, 2.45) is 5.73 Å². The molecule has 0 fully saturated rings. The van der Waals surface area contributed by atoms with Crippen molar-refractivity contribution in [1.29, 1.82) is 5.41 Å². The Morgan fingerprint density at radius 1 is 0.725 bits per heavy atom. The van der Waals surface area contributed by atoms with Crippen molar-refractivity contribution in [2.75, 3.05) is 27.7 Å². The maximum atomic E-state index is 9.92. The van der Waals surface area contributed by atoms with E-state index >= 15 is 0 Å². The van der Waals surface area contributed by atoms with Gasteiger partial charge in [-0.25, -0.2) is 0 Å². The maximum absolute atomic E-state index is 9.92. The van der Waals surface area contributed by atoms with Crippen molar-refractivity contribution in [3.05, 3.63) is 138 Å². The molecule has 0 bridgehead atoms. The number of fused-ring (bicyclic) bond motifs is 2. The van der Waals surface area contributed by atoms with E-state index in [4.69, 9.17) is 62.7 Å². The summed E-state index contributed by atoms with van der Waals surface area (Å²) in [6.45, 7) is -0.227. The molecule has 4 aromatic rings. The van der Waals surface area contributed by atoms with Gasteiger partial charge < -0.3 is 26.4 Å². The van der Waals surface area contributed by atoms with Crippen LogP contribution in [0.5, 0.6) is 0 Å². The fraction of sp³-hybridized carbons (Fsp3) is 0.316. The summed E-state index contributed by atoms with van der Waals surface area (Å²) in [5.74, 6) is -0.416. The Labute approximate surface area is 343 Å². The van der Waals surface area contributed by atoms with E-state index in [1.165, 1.54) is 40.4 Å². The molecular formula is C38H46Cl5MgN5O2. The van der Waals surface area contributed by atoms with Crippen LogP contribution >= 0.6 is 58.8 Å². The van der Waals surface area contributed by atoms with Gasteiger partial charge in [-0.3, -0.25) is 10.2 Å². The minimum absolute atomic E-state index is 0. The Bertz CT molecular complexity index is 1650. The molecule has 7 nitrogen and oxygen atoms in total. The molecule has 0 heterocycles. The van der Waals surface area contributed by atoms with Crippen LogP contribution in [0.2, 0.25) is 20.1 Å². The predicted molar refractivity (Wildman–Crippen MR) is 220 cm³/mol. The zero-order valence-corrected chi connectivity index (χ0v) is 32.1. The van der Waals surface area contributed by atoms with E-state index in [1.807, 2.05) is 38.4 Å². The number of hydrogen-bond donors (Lipinski definition) is 5. The van der Waals surface area contributed by atoms with Crippen LogP contribution in [-0.2, 0) is 4.79 Å². The first-order chi connectivity index (χ1) is 23.4. The molecule has 0 aliphatic heterocycles. The smallest absolute Gasteiger partial charge is 0.323 e. The molecule has 0 spiro atoms. The van der Waals surface area contributed by atoms with Crippen LogP contribution in [0.25, 0.3) is 0 Å². The number of aliphatic carboxylic acids is 1. The summed E-state index contributed by atoms with van der Waals surface area (Å²) in [5, 5.41) is 24.2. The summed E-state index contributed by atoms with van der Waals surface area (Å²) in [7, 11) is 5.50. The molecule has 272 valence electrons. The number of likely N-dealkylation sites (N-methyl/N-ethyl adjacent to an activating group) is 1. The number of guanidine groups is 1. The van der Waals surface area contributed by atoms with Gasteiger partial charge in [0.15, 0.2) is 5.96 Å². The number of halogens is 5. The van der Waals surface area contributed by atoms with E-state index < -0.39 is 5.97 Å². The molecular weight excluding hydrogens is 760 g/mol. The first-order valence-electron chi connectivity index (χ1n) is 16.1. The molecule has 2 aliphatic carbocycles. The maximum Gasteiger partial charge on any atom is 0.323 e. The summed E-state index contributed by atoms with van der Waals surface area (Å²) in [5.41, 5.74) is 13.0. The summed E-state index contributed by atoms with van der Waals surface area (Å²) in [6.07, 6.45) is 4.53. The highest BCUT2D eigenvalue weighted by atomic mass is 35.5. The van der Waals surface area contributed by atoms with Crippen LogP contribution in [0.4, 0.5) is 0 Å². The number of benzene rings is 4. The second-order valence-corrected chi connectivity index (χ2v) is 13.8. The van der Waals surface area contributed by atoms with Gasteiger partial charge in [0, 0.05) is 31.0 Å². The molecule has 0 radical (unpaired) electrons. The monoisotopic (exact) mass is 803 g/mol. The summed E-state index contributed by atoms with van der Waals surface area (Å²) in [4.78, 5) is 11.0. The standard InChI is InChI=1S/2C17H17Cl2N.C4H9N3O2.ClH.Mg.2H/c2*1-20-17-9-7-12(13-4-2-3-5-14(13)17)11-6-8-15(18)16(19)10-11;1-7(4(5)6)2-3(8)9;;;;/h2*2-6,8,10,12,17,20H,7,9H2,1H3;2H2,1H3,(H3,5,6)(H,8,9);1H;;;/t2*12-,17-;;;;;/m00...../s1. The topological polar surface area (TPSA) is 114 Å². The fourth-order valence-electron chi connectivity index (χ4n) is 6.62. The third-order valence-electron chi connectivity index (χ3n) is 9.15. The van der Waals surface area contributed by atoms with Gasteiger partial charge in [-0.2, -0.15) is 0 Å². The SMILES string of the molecule is CN(CC(=O)O)C(=N)N.CN[C@H]1CC[C@@H](c2ccc(Cl)c(Cl)c2)c2ccccc21.CN[C@H]1CC[C@@H](c2ccc(Cl)c(Cl)c2)c2ccccc21.Cl.[MgH2]. The van der Waals surface area contributed by atoms with Gasteiger partial charge >= 0.3 is 29.0 Å². The molecule has 0 aromatic heterocycles. The number of nitrogens with zero attached hydrogens (tertiary/aromatic N) is 1. The van der Waals surface area contributed by atoms with Crippen LogP contribution in [0.3, 0.4) is 0 Å². The molecule has 4 atom stereocenters. The highest BCUT2D eigenvalue weighted by Crippen LogP contribution is 2.43. The van der Waals surface area contributed by atoms with Crippen molar-refractivity contribution in [3.63, 3.8) is 0 Å². The Hall–Kier alpha value is -2.24. The average molecular weight is 806 g/mol. The number of nitrogens with two attached hydrogens (primary N) is 1. The van der Waals surface area contributed by atoms with Crippen molar-refractivity contribution >= 4 is 93.8 Å². The van der Waals surface area contributed by atoms with E-state index in [1.54, 1.807) is 0 Å². The summed E-state index contributed by atoms with van der Waals surface area (Å²) in [6, 6.07) is 30.2. The van der Waals surface area contributed by atoms with Gasteiger partial charge in [0.25, 0.3) is 0 Å². The second kappa shape index (κ2) is 21.5. The molecule has 0 saturated heterocycles. The second-order valence-electron chi connectivity index (χ2n) is 12.2. The number of carboxylic acid groups (broad SMARTS) is 1. The molecule has 13 heteroatoms. The third-order valence-corrected chi connectivity index (χ3v) is 10.6. The number of carboxylic acids is 1. The molecule has 0 amide bonds. The van der Waals surface area contributed by atoms with Crippen LogP contribution in [0, 0.1) is 5.41 Å². The quantitative estimate of drug-likeness (QED) is 0.0757. The largest absolute Gasteiger partial charge is 0.480 e. The lowest BCUT2D eigenvalue weighted by Gasteiger charge is -2.32. The molecule has 4 aromatic carbocycles. The fourth-order valence-corrected chi connectivity index (χ4v) is 7.23. The molecule has 6 N–H and O–H groups in total. The van der Waals surface area contributed by atoms with E-state index in [0.717, 1.165) is 30.6 Å². The Morgan fingerprint density at radius 2 is 1.10 bits per heavy atom. The average Bonchev–Trinajstić information content (AvgIpc) is 3.10. The number of nitrogens with one attached hydrogen (secondary N) is 3. The van der Waals surface area contributed by atoms with Crippen molar-refractivity contribution in [1.82, 2.24) is 15.5 Å². The molecule has 0 unspecified atom stereocenters. The Kier molecular flexibility index (Phi) is 18.9. The van der Waals surface area contributed by atoms with Crippen LogP contribution < -0.4 is 16.4 Å². The van der Waals surface area contributed by atoms with Crippen molar-refractivity contribution < 1.29 is 9.90 Å². The van der Waals surface area contributed by atoms with E-state index in [-0.39, 0.29) is 48.0 Å². The lowest BCUT2D eigenvalue weighted by atomic mass is 9.77. The predicted octanol–water partition coefficient (Wildman–Crippen LogP) is 8.76. The summed E-state index contributed by atoms with van der Waals surface area (Å²) >= 11 is 24.4. The first-order valence-corrected chi connectivity index (χ1v) is 17.6. The number of rotatable bonds is 6. The van der Waals surface area contributed by atoms with Crippen LogP contribution in [-0.4, -0.2) is 72.7 Å². The van der Waals surface area contributed by atoms with Gasteiger partial charge in [0.1, 0.15) is 6.54 Å². The van der Waals surface area contributed by atoms with E-state index in [9.17, 15) is 4.79 Å². The minimum atomic E-state index is -0.993. The highest BCUT2D eigenvalue weighted by Gasteiger charge is 2.28. The van der Waals surface area contributed by atoms with Gasteiger partial charge in [0.2, 0.25) is 0 Å². The zero-order chi connectivity index (χ0) is 35.7.